The molecule has 13 aromatic carbocycles. The van der Waals surface area contributed by atoms with Crippen molar-refractivity contribution >= 4 is 91.2 Å². The Morgan fingerprint density at radius 2 is 0.713 bits per heavy atom. The fourth-order valence-corrected chi connectivity index (χ4v) is 16.7. The van der Waals surface area contributed by atoms with Crippen molar-refractivity contribution < 1.29 is 85.0 Å². The van der Waals surface area contributed by atoms with E-state index in [1.165, 1.54) is 83.8 Å². The van der Waals surface area contributed by atoms with Crippen LogP contribution in [0.5, 0.6) is 0 Å². The summed E-state index contributed by atoms with van der Waals surface area (Å²) in [6, 6.07) is 127. The van der Waals surface area contributed by atoms with Crippen LogP contribution in [0.15, 0.2) is 370 Å². The molecule has 1 aliphatic carbocycles. The van der Waals surface area contributed by atoms with E-state index in [0.717, 1.165) is 87.1 Å². The second-order valence-corrected chi connectivity index (χ2v) is 36.2. The Bertz CT molecular complexity index is 6180. The Morgan fingerprint density at radius 3 is 1.15 bits per heavy atom. The van der Waals surface area contributed by atoms with Gasteiger partial charge in [0.2, 0.25) is 5.84 Å². The third-order valence-corrected chi connectivity index (χ3v) is 23.5. The second kappa shape index (κ2) is 41.1. The summed E-state index contributed by atoms with van der Waals surface area (Å²) >= 11 is 0. The molecule has 1 aromatic heterocycles. The maximum atomic E-state index is 4.72. The molecule has 14 aromatic rings. The molecule has 0 saturated carbocycles. The standard InChI is InChI=1S/C29H30N3.2C29H26N2.C28H25N3.4Ir/c1-29(2,3)23-14-10-15-24(20-23)31-21-32(28-27(31)18-11-19-30(28)4)26-17-9-8-16-25(26)22-12-6-5-7-13-22;1-29(2,3)23-14-11-15-24(20-23)30-21-31(28-19-10-9-18-27(28)30)26-17-8-7-16-25(26)22-12-5-4-6-13-22;1-29(2,3)23-17-19-24(20-18-23)30-21-31(28-16-10-9-15-27(28)30)26-14-8-7-13-25(26)22-11-5-4-6-12-22;1-28(2,3)22-13-9-14-23(19-22)30-20-31(26-17-10-18-29-27(26)30)25-16-8-7-15-24(25)21-11-5-4-6-12-21;;;;/h5-6,8-12,14,16-21H,7,13H2,1-4H3;4-14,16-21H,1-3H3;4-19,21H,1-3H3;4-13,15-20H,1-3H3;;;;/q-1;3*-2;;;;. The molecule has 5 aliphatic heterocycles. The number of para-hydroxylation sites is 8. The number of allylic oxidation sites excluding steroid dienone is 6. The average molecular weight is 2400 g/mol. The zero-order valence-electron chi connectivity index (χ0n) is 75.2. The predicted octanol–water partition coefficient (Wildman–Crippen LogP) is 29.5. The summed E-state index contributed by atoms with van der Waals surface area (Å²) in [7, 11) is 2.11. The zero-order chi connectivity index (χ0) is 86.6. The number of anilines is 13. The maximum absolute atomic E-state index is 4.72. The quantitative estimate of drug-likeness (QED) is 0.0879. The number of benzene rings is 13. The van der Waals surface area contributed by atoms with Gasteiger partial charge < -0.3 is 38.9 Å². The minimum absolute atomic E-state index is 0. The molecule has 0 unspecified atom stereocenters. The first-order valence-electron chi connectivity index (χ1n) is 43.3. The molecule has 0 amide bonds. The molecule has 0 spiro atoms. The van der Waals surface area contributed by atoms with Gasteiger partial charge in [-0.25, -0.2) is 4.98 Å². The van der Waals surface area contributed by atoms with Crippen LogP contribution in [-0.2, 0) is 102 Å². The smallest absolute Gasteiger partial charge is 0.203 e. The van der Waals surface area contributed by atoms with Crippen molar-refractivity contribution in [2.45, 2.75) is 118 Å². The number of hydrogen-bond donors (Lipinski definition) is 0. The minimum atomic E-state index is 0. The van der Waals surface area contributed by atoms with Crippen molar-refractivity contribution in [3.63, 3.8) is 0 Å². The first kappa shape index (κ1) is 95.1. The van der Waals surface area contributed by atoms with Crippen molar-refractivity contribution in [2.24, 2.45) is 0 Å². The van der Waals surface area contributed by atoms with Crippen LogP contribution in [0.25, 0.3) is 39.0 Å². The van der Waals surface area contributed by atoms with E-state index in [1.54, 1.807) is 0 Å². The van der Waals surface area contributed by atoms with Crippen LogP contribution < -0.4 is 34.3 Å². The van der Waals surface area contributed by atoms with Gasteiger partial charge in [0.15, 0.2) is 0 Å². The van der Waals surface area contributed by atoms with E-state index in [4.69, 9.17) is 4.98 Å². The number of nitrogens with zero attached hydrogens (tertiary/aromatic N) is 10. The number of pyridine rings is 1. The van der Waals surface area contributed by atoms with E-state index in [9.17, 15) is 0 Å². The summed E-state index contributed by atoms with van der Waals surface area (Å²) in [5, 5.41) is 0. The number of likely N-dealkylation sites (N-methyl/N-ethyl adjacent to an activating group) is 1. The summed E-state index contributed by atoms with van der Waals surface area (Å²) in [5.41, 5.74) is 31.1. The predicted molar refractivity (Wildman–Crippen MR) is 524 cm³/mol. The van der Waals surface area contributed by atoms with E-state index in [2.05, 4.69) is 513 Å². The van der Waals surface area contributed by atoms with E-state index in [-0.39, 0.29) is 102 Å². The van der Waals surface area contributed by atoms with Gasteiger partial charge >= 0.3 is 0 Å². The molecular formula is C115H107Ir4N10-7. The molecule has 660 valence electrons. The molecule has 0 saturated heterocycles. The Balaban J connectivity index is 0.000000145. The fraction of sp³-hybridized carbons (Fsp3) is 0.165. The number of rotatable bonds is 12. The SMILES string of the molecule is CC(C)(C)c1c[c-]c(N2[CH-]N(c3ccccc3-c3ccccc3)c3ccccc32)cc1.CC(C)(C)c1cc[c-]c(N2[CH-]N(c3ccccc3-c3ccccc3)c3ccccc32)c1.CC(C)(C)c1cc[c-]c(N2[CH-]N(c3ccccc3-c3ccccc3)c3cccnc32)c1.CN1C=CC=C2C1=[N+](c1ccccc1C1=CC=CCC1)[CH-]N2c1[c-]ccc(C(C)(C)C)c1.[Ir].[Ir].[Ir].[Ir]. The third-order valence-electron chi connectivity index (χ3n) is 23.5. The number of aromatic nitrogens is 1. The molecule has 0 atom stereocenters. The minimum Gasteiger partial charge on any atom is -0.493 e. The van der Waals surface area contributed by atoms with Crippen LogP contribution in [0.2, 0.25) is 0 Å². The van der Waals surface area contributed by atoms with Crippen molar-refractivity contribution in [2.75, 3.05) is 41.3 Å². The Morgan fingerprint density at radius 1 is 0.333 bits per heavy atom. The third kappa shape index (κ3) is 20.7. The van der Waals surface area contributed by atoms with Crippen molar-refractivity contribution in [1.82, 2.24) is 9.88 Å². The van der Waals surface area contributed by atoms with Crippen LogP contribution in [0.1, 0.15) is 124 Å². The first-order valence-corrected chi connectivity index (χ1v) is 43.3. The van der Waals surface area contributed by atoms with Crippen LogP contribution in [-0.4, -0.2) is 27.3 Å². The maximum Gasteiger partial charge on any atom is 0.203 e. The molecule has 4 radical (unpaired) electrons. The van der Waals surface area contributed by atoms with Crippen LogP contribution in [0.4, 0.5) is 79.8 Å². The summed E-state index contributed by atoms with van der Waals surface area (Å²) in [6.45, 7) is 35.6. The van der Waals surface area contributed by atoms with Gasteiger partial charge in [0.25, 0.3) is 0 Å². The van der Waals surface area contributed by atoms with Crippen LogP contribution in [0.3, 0.4) is 0 Å². The molecule has 6 heterocycles. The van der Waals surface area contributed by atoms with Gasteiger partial charge in [-0.15, -0.1) is 61.3 Å². The average Bonchev–Trinajstić information content (AvgIpc) is 1.60. The number of amidine groups is 1. The summed E-state index contributed by atoms with van der Waals surface area (Å²) in [6.07, 6.45) is 17.1. The van der Waals surface area contributed by atoms with Gasteiger partial charge in [-0.1, -0.05) is 307 Å². The fourth-order valence-electron chi connectivity index (χ4n) is 16.7. The van der Waals surface area contributed by atoms with E-state index in [0.29, 0.717) is 0 Å². The zero-order valence-corrected chi connectivity index (χ0v) is 84.8. The Hall–Kier alpha value is -11.5. The second-order valence-electron chi connectivity index (χ2n) is 36.2. The molecule has 10 nitrogen and oxygen atoms in total. The van der Waals surface area contributed by atoms with Crippen LogP contribution >= 0.6 is 0 Å². The van der Waals surface area contributed by atoms with Crippen molar-refractivity contribution in [3.8, 4) is 33.4 Å². The summed E-state index contributed by atoms with van der Waals surface area (Å²) in [5.74, 6) is 2.06. The summed E-state index contributed by atoms with van der Waals surface area (Å²) in [4.78, 5) is 22.6. The first-order chi connectivity index (χ1) is 60.5. The molecule has 0 N–H and O–H groups in total. The summed E-state index contributed by atoms with van der Waals surface area (Å²) < 4.78 is 2.32. The Kier molecular flexibility index (Phi) is 30.3. The van der Waals surface area contributed by atoms with Crippen molar-refractivity contribution in [1.29, 1.82) is 0 Å². The largest absolute Gasteiger partial charge is 0.493 e. The van der Waals surface area contributed by atoms with E-state index >= 15 is 0 Å². The number of fused-ring (bicyclic) bond motifs is 4. The molecular weight excluding hydrogens is 2290 g/mol. The van der Waals surface area contributed by atoms with Gasteiger partial charge in [-0.05, 0) is 124 Å². The van der Waals surface area contributed by atoms with Gasteiger partial charge in [-0.3, -0.25) is 4.90 Å². The molecule has 0 fully saturated rings. The number of hydrogen-bond acceptors (Lipinski definition) is 9. The van der Waals surface area contributed by atoms with Crippen LogP contribution in [0, 0.1) is 50.9 Å². The molecule has 20 rings (SSSR count). The normalized spacial score (nSPS) is 14.1. The monoisotopic (exact) mass is 2400 g/mol. The van der Waals surface area contributed by atoms with Crippen molar-refractivity contribution in [3.05, 3.63) is 449 Å². The van der Waals surface area contributed by atoms with Gasteiger partial charge in [0.1, 0.15) is 5.82 Å². The van der Waals surface area contributed by atoms with E-state index in [1.807, 2.05) is 36.5 Å². The molecule has 14 heteroatoms. The molecule has 0 bridgehead atoms. The van der Waals surface area contributed by atoms with Gasteiger partial charge in [0, 0.05) is 149 Å². The Labute approximate surface area is 819 Å². The van der Waals surface area contributed by atoms with E-state index < -0.39 is 0 Å². The molecule has 129 heavy (non-hydrogen) atoms. The topological polar surface area (TPSA) is 41.8 Å². The van der Waals surface area contributed by atoms with Gasteiger partial charge in [-0.2, -0.15) is 95.1 Å². The molecule has 6 aliphatic rings. The van der Waals surface area contributed by atoms with Gasteiger partial charge in [0.05, 0.1) is 31.3 Å².